The van der Waals surface area contributed by atoms with E-state index in [0.29, 0.717) is 0 Å². The largest absolute Gasteiger partial charge is 0.497 e. The Morgan fingerprint density at radius 2 is 1.81 bits per heavy atom. The first-order chi connectivity index (χ1) is 7.72. The Balaban J connectivity index is 2.51. The molecule has 0 spiro atoms. The maximum absolute atomic E-state index is 11.9. The molecule has 3 nitrogen and oxygen atoms in total. The Kier molecular flexibility index (Phi) is 2.77. The molecular formula is C13H13NO2. The maximum Gasteiger partial charge on any atom is 0.257 e. The van der Waals surface area contributed by atoms with Gasteiger partial charge in [0.25, 0.3) is 5.56 Å². The van der Waals surface area contributed by atoms with Crippen molar-refractivity contribution in [3.05, 3.63) is 58.5 Å². The average molecular weight is 215 g/mol. The SMILES string of the molecule is COc1ccc(-n2cccc(C)c2=O)cc1. The first kappa shape index (κ1) is 10.5. The van der Waals surface area contributed by atoms with Gasteiger partial charge in [-0.3, -0.25) is 9.36 Å². The fourth-order valence-electron chi connectivity index (χ4n) is 1.55. The van der Waals surface area contributed by atoms with Crippen LogP contribution in [0.2, 0.25) is 0 Å². The molecule has 0 radical (unpaired) electrons. The molecular weight excluding hydrogens is 202 g/mol. The van der Waals surface area contributed by atoms with Crippen molar-refractivity contribution in [3.63, 3.8) is 0 Å². The second-order valence-electron chi connectivity index (χ2n) is 3.56. The quantitative estimate of drug-likeness (QED) is 0.768. The van der Waals surface area contributed by atoms with Gasteiger partial charge in [0.05, 0.1) is 7.11 Å². The molecule has 1 aromatic heterocycles. The summed E-state index contributed by atoms with van der Waals surface area (Å²) < 4.78 is 6.69. The minimum absolute atomic E-state index is 0.00710. The van der Waals surface area contributed by atoms with Crippen molar-refractivity contribution in [2.45, 2.75) is 6.92 Å². The van der Waals surface area contributed by atoms with Gasteiger partial charge < -0.3 is 4.74 Å². The van der Waals surface area contributed by atoms with Crippen molar-refractivity contribution in [3.8, 4) is 11.4 Å². The first-order valence-corrected chi connectivity index (χ1v) is 5.05. The molecule has 1 aromatic carbocycles. The summed E-state index contributed by atoms with van der Waals surface area (Å²) in [6.45, 7) is 1.81. The third-order valence-electron chi connectivity index (χ3n) is 2.49. The van der Waals surface area contributed by atoms with Crippen molar-refractivity contribution in [2.24, 2.45) is 0 Å². The van der Waals surface area contributed by atoms with Gasteiger partial charge in [0.1, 0.15) is 5.75 Å². The van der Waals surface area contributed by atoms with Crippen LogP contribution in [0.5, 0.6) is 5.75 Å². The predicted octanol–water partition coefficient (Wildman–Crippen LogP) is 2.15. The van der Waals surface area contributed by atoms with E-state index in [1.54, 1.807) is 17.9 Å². The van der Waals surface area contributed by atoms with E-state index < -0.39 is 0 Å². The van der Waals surface area contributed by atoms with Crippen LogP contribution in [0.4, 0.5) is 0 Å². The fourth-order valence-corrected chi connectivity index (χ4v) is 1.55. The molecule has 0 aliphatic heterocycles. The zero-order chi connectivity index (χ0) is 11.5. The van der Waals surface area contributed by atoms with E-state index >= 15 is 0 Å². The van der Waals surface area contributed by atoms with Crippen molar-refractivity contribution in [1.29, 1.82) is 0 Å². The van der Waals surface area contributed by atoms with Crippen LogP contribution in [-0.2, 0) is 0 Å². The summed E-state index contributed by atoms with van der Waals surface area (Å²) in [5, 5.41) is 0. The van der Waals surface area contributed by atoms with Crippen molar-refractivity contribution >= 4 is 0 Å². The van der Waals surface area contributed by atoms with Crippen LogP contribution in [-0.4, -0.2) is 11.7 Å². The molecule has 0 saturated carbocycles. The number of methoxy groups -OCH3 is 1. The van der Waals surface area contributed by atoms with Gasteiger partial charge in [0.15, 0.2) is 0 Å². The maximum atomic E-state index is 11.9. The van der Waals surface area contributed by atoms with Gasteiger partial charge in [0.2, 0.25) is 0 Å². The number of ether oxygens (including phenoxy) is 1. The van der Waals surface area contributed by atoms with E-state index in [0.717, 1.165) is 17.0 Å². The number of hydrogen-bond acceptors (Lipinski definition) is 2. The predicted molar refractivity (Wildman–Crippen MR) is 63.3 cm³/mol. The van der Waals surface area contributed by atoms with Crippen LogP contribution in [0.25, 0.3) is 5.69 Å². The fraction of sp³-hybridized carbons (Fsp3) is 0.154. The van der Waals surface area contributed by atoms with E-state index in [1.807, 2.05) is 43.3 Å². The molecule has 2 rings (SSSR count). The lowest BCUT2D eigenvalue weighted by molar-refractivity contribution is 0.414. The van der Waals surface area contributed by atoms with E-state index in [-0.39, 0.29) is 5.56 Å². The molecule has 0 bridgehead atoms. The molecule has 0 N–H and O–H groups in total. The topological polar surface area (TPSA) is 31.2 Å². The second-order valence-corrected chi connectivity index (χ2v) is 3.56. The number of rotatable bonds is 2. The van der Waals surface area contributed by atoms with Gasteiger partial charge in [0, 0.05) is 17.4 Å². The highest BCUT2D eigenvalue weighted by Gasteiger charge is 2.01. The van der Waals surface area contributed by atoms with E-state index in [1.165, 1.54) is 0 Å². The van der Waals surface area contributed by atoms with Gasteiger partial charge in [-0.15, -0.1) is 0 Å². The molecule has 0 amide bonds. The smallest absolute Gasteiger partial charge is 0.257 e. The Hall–Kier alpha value is -2.03. The number of nitrogens with zero attached hydrogens (tertiary/aromatic N) is 1. The van der Waals surface area contributed by atoms with E-state index in [4.69, 9.17) is 4.74 Å². The summed E-state index contributed by atoms with van der Waals surface area (Å²) >= 11 is 0. The van der Waals surface area contributed by atoms with Crippen LogP contribution in [0.3, 0.4) is 0 Å². The molecule has 0 unspecified atom stereocenters. The van der Waals surface area contributed by atoms with Crippen LogP contribution in [0.15, 0.2) is 47.4 Å². The average Bonchev–Trinajstić information content (AvgIpc) is 2.33. The monoisotopic (exact) mass is 215 g/mol. The summed E-state index contributed by atoms with van der Waals surface area (Å²) in [5.74, 6) is 0.782. The molecule has 82 valence electrons. The Morgan fingerprint density at radius 1 is 1.12 bits per heavy atom. The Bertz CT molecular complexity index is 541. The number of aromatic nitrogens is 1. The van der Waals surface area contributed by atoms with Gasteiger partial charge in [-0.1, -0.05) is 6.07 Å². The zero-order valence-corrected chi connectivity index (χ0v) is 9.31. The lowest BCUT2D eigenvalue weighted by Crippen LogP contribution is -2.19. The second kappa shape index (κ2) is 4.23. The van der Waals surface area contributed by atoms with Crippen LogP contribution in [0, 0.1) is 6.92 Å². The molecule has 2 aromatic rings. The summed E-state index contributed by atoms with van der Waals surface area (Å²) in [5.41, 5.74) is 1.58. The minimum Gasteiger partial charge on any atom is -0.497 e. The lowest BCUT2D eigenvalue weighted by atomic mass is 10.2. The standard InChI is InChI=1S/C13H13NO2/c1-10-4-3-9-14(13(10)15)11-5-7-12(16-2)8-6-11/h3-9H,1-2H3. The zero-order valence-electron chi connectivity index (χ0n) is 9.31. The number of aryl methyl sites for hydroxylation is 1. The normalized spacial score (nSPS) is 10.1. The minimum atomic E-state index is 0.00710. The molecule has 0 aliphatic rings. The highest BCUT2D eigenvalue weighted by atomic mass is 16.5. The number of hydrogen-bond donors (Lipinski definition) is 0. The summed E-state index contributed by atoms with van der Waals surface area (Å²) in [6.07, 6.45) is 1.76. The highest BCUT2D eigenvalue weighted by molar-refractivity contribution is 5.38. The van der Waals surface area contributed by atoms with Gasteiger partial charge in [-0.05, 0) is 37.3 Å². The number of benzene rings is 1. The van der Waals surface area contributed by atoms with E-state index in [2.05, 4.69) is 0 Å². The molecule has 16 heavy (non-hydrogen) atoms. The Labute approximate surface area is 93.9 Å². The summed E-state index contributed by atoms with van der Waals surface area (Å²) in [4.78, 5) is 11.9. The van der Waals surface area contributed by atoms with Gasteiger partial charge in [-0.2, -0.15) is 0 Å². The van der Waals surface area contributed by atoms with E-state index in [9.17, 15) is 4.79 Å². The molecule has 3 heteroatoms. The van der Waals surface area contributed by atoms with Crippen LogP contribution in [0.1, 0.15) is 5.56 Å². The lowest BCUT2D eigenvalue weighted by Gasteiger charge is -2.07. The molecule has 1 heterocycles. The molecule has 0 saturated heterocycles. The van der Waals surface area contributed by atoms with Crippen molar-refractivity contribution < 1.29 is 4.74 Å². The third kappa shape index (κ3) is 1.84. The summed E-state index contributed by atoms with van der Waals surface area (Å²) in [7, 11) is 1.62. The van der Waals surface area contributed by atoms with Crippen LogP contribution >= 0.6 is 0 Å². The van der Waals surface area contributed by atoms with Crippen molar-refractivity contribution in [2.75, 3.05) is 7.11 Å². The Morgan fingerprint density at radius 3 is 2.44 bits per heavy atom. The first-order valence-electron chi connectivity index (χ1n) is 5.05. The van der Waals surface area contributed by atoms with Gasteiger partial charge >= 0.3 is 0 Å². The summed E-state index contributed by atoms with van der Waals surface area (Å²) in [6, 6.07) is 11.1. The number of pyridine rings is 1. The third-order valence-corrected chi connectivity index (χ3v) is 2.49. The van der Waals surface area contributed by atoms with Gasteiger partial charge in [-0.25, -0.2) is 0 Å². The molecule has 0 fully saturated rings. The highest BCUT2D eigenvalue weighted by Crippen LogP contribution is 2.13. The van der Waals surface area contributed by atoms with Crippen molar-refractivity contribution in [1.82, 2.24) is 4.57 Å². The molecule has 0 atom stereocenters. The van der Waals surface area contributed by atoms with Crippen LogP contribution < -0.4 is 10.3 Å². The molecule has 0 aliphatic carbocycles.